The van der Waals surface area contributed by atoms with Crippen molar-refractivity contribution in [1.29, 1.82) is 0 Å². The highest BCUT2D eigenvalue weighted by Crippen LogP contribution is 2.38. The summed E-state index contributed by atoms with van der Waals surface area (Å²) < 4.78 is 0. The summed E-state index contributed by atoms with van der Waals surface area (Å²) in [6.45, 7) is 7.11. The van der Waals surface area contributed by atoms with E-state index in [1.807, 2.05) is 48.5 Å². The Morgan fingerprint density at radius 3 is 2.62 bits per heavy atom. The van der Waals surface area contributed by atoms with Gasteiger partial charge in [-0.15, -0.1) is 11.3 Å². The molecule has 1 aliphatic rings. The zero-order valence-electron chi connectivity index (χ0n) is 24.0. The van der Waals surface area contributed by atoms with Crippen LogP contribution < -0.4 is 16.4 Å². The lowest BCUT2D eigenvalue weighted by molar-refractivity contribution is 0.0941. The molecule has 5 aromatic rings. The maximum absolute atomic E-state index is 13.3. The molecule has 0 aliphatic heterocycles. The molecule has 2 amide bonds. The second-order valence-electron chi connectivity index (χ2n) is 12.0. The Balaban J connectivity index is 1.16. The van der Waals surface area contributed by atoms with E-state index in [-0.39, 0.29) is 29.5 Å². The normalized spacial score (nSPS) is 15.8. The van der Waals surface area contributed by atoms with Crippen LogP contribution in [0.15, 0.2) is 66.9 Å². The number of aromatic nitrogens is 3. The maximum atomic E-state index is 13.3. The van der Waals surface area contributed by atoms with Gasteiger partial charge >= 0.3 is 0 Å². The van der Waals surface area contributed by atoms with E-state index in [1.165, 1.54) is 23.1 Å². The van der Waals surface area contributed by atoms with Crippen LogP contribution >= 0.6 is 11.3 Å². The molecule has 0 fully saturated rings. The van der Waals surface area contributed by atoms with Crippen LogP contribution in [0.5, 0.6) is 0 Å². The molecule has 2 aromatic carbocycles. The van der Waals surface area contributed by atoms with Crippen molar-refractivity contribution in [2.24, 2.45) is 17.1 Å². The molecule has 8 nitrogen and oxygen atoms in total. The number of fused-ring (bicyclic) bond motifs is 3. The van der Waals surface area contributed by atoms with Crippen molar-refractivity contribution in [2.75, 3.05) is 11.9 Å². The molecule has 0 saturated carbocycles. The standard InChI is InChI=1S/C33H34N6O2S/c1-33(2,3)22-11-12-24-20(14-22)13-21-16-29(42-32(21)39-24)31(41)38-27(17-34)19-7-6-8-23(15-19)36-30(40)28-18-35-25-9-4-5-10-26(25)37-28/h4-10,13,15-16,18,22,27H,11-12,14,17,34H2,1-3H3,(H,36,40)(H,38,41)/t22-,27-/m1/s1. The minimum Gasteiger partial charge on any atom is -0.343 e. The molecule has 6 rings (SSSR count). The molecule has 1 aliphatic carbocycles. The van der Waals surface area contributed by atoms with Crippen molar-refractivity contribution >= 4 is 50.1 Å². The summed E-state index contributed by atoms with van der Waals surface area (Å²) in [5, 5.41) is 6.96. The van der Waals surface area contributed by atoms with Crippen LogP contribution in [-0.4, -0.2) is 33.3 Å². The number of anilines is 1. The monoisotopic (exact) mass is 578 g/mol. The number of nitrogens with two attached hydrogens (primary N) is 1. The van der Waals surface area contributed by atoms with E-state index in [2.05, 4.69) is 47.4 Å². The Hall–Kier alpha value is -4.21. The van der Waals surface area contributed by atoms with E-state index in [4.69, 9.17) is 10.7 Å². The highest BCUT2D eigenvalue weighted by Gasteiger charge is 2.30. The first kappa shape index (κ1) is 27.9. The summed E-state index contributed by atoms with van der Waals surface area (Å²) in [5.74, 6) is 0.0601. The number of aryl methyl sites for hydroxylation is 1. The van der Waals surface area contributed by atoms with Crippen LogP contribution in [0.3, 0.4) is 0 Å². The molecule has 4 N–H and O–H groups in total. The second-order valence-corrected chi connectivity index (χ2v) is 13.0. The molecule has 0 saturated heterocycles. The fourth-order valence-electron chi connectivity index (χ4n) is 5.58. The third kappa shape index (κ3) is 5.75. The number of thiophene rings is 1. The Bertz CT molecular complexity index is 1810. The summed E-state index contributed by atoms with van der Waals surface area (Å²) in [6.07, 6.45) is 4.60. The van der Waals surface area contributed by atoms with Crippen molar-refractivity contribution in [1.82, 2.24) is 20.3 Å². The van der Waals surface area contributed by atoms with Crippen LogP contribution in [0.25, 0.3) is 21.3 Å². The number of hydrogen-bond acceptors (Lipinski definition) is 7. The lowest BCUT2D eigenvalue weighted by Gasteiger charge is -2.34. The highest BCUT2D eigenvalue weighted by molar-refractivity contribution is 7.20. The van der Waals surface area contributed by atoms with Gasteiger partial charge in [0, 0.05) is 23.3 Å². The van der Waals surface area contributed by atoms with E-state index >= 15 is 0 Å². The largest absolute Gasteiger partial charge is 0.343 e. The second kappa shape index (κ2) is 11.2. The van der Waals surface area contributed by atoms with Gasteiger partial charge in [0.25, 0.3) is 11.8 Å². The number of nitrogens with one attached hydrogen (secondary N) is 2. The van der Waals surface area contributed by atoms with Gasteiger partial charge in [0.1, 0.15) is 10.5 Å². The Kier molecular flexibility index (Phi) is 7.47. The van der Waals surface area contributed by atoms with Crippen LogP contribution in [-0.2, 0) is 12.8 Å². The molecule has 3 aromatic heterocycles. The van der Waals surface area contributed by atoms with E-state index in [0.29, 0.717) is 22.0 Å². The fourth-order valence-corrected chi connectivity index (χ4v) is 6.51. The van der Waals surface area contributed by atoms with Crippen molar-refractivity contribution < 1.29 is 9.59 Å². The maximum Gasteiger partial charge on any atom is 0.275 e. The van der Waals surface area contributed by atoms with Gasteiger partial charge in [-0.25, -0.2) is 9.97 Å². The molecule has 0 bridgehead atoms. The fraction of sp³-hybridized carbons (Fsp3) is 0.303. The van der Waals surface area contributed by atoms with Crippen LogP contribution in [0.4, 0.5) is 5.69 Å². The first-order valence-electron chi connectivity index (χ1n) is 14.2. The van der Waals surface area contributed by atoms with E-state index in [9.17, 15) is 9.59 Å². The number of nitrogens with zero attached hydrogens (tertiary/aromatic N) is 3. The molecule has 214 valence electrons. The molecular formula is C33H34N6O2S. The van der Waals surface area contributed by atoms with Gasteiger partial charge in [0.05, 0.1) is 28.1 Å². The number of rotatable bonds is 6. The molecule has 0 spiro atoms. The van der Waals surface area contributed by atoms with Crippen molar-refractivity contribution in [3.8, 4) is 0 Å². The van der Waals surface area contributed by atoms with Crippen LogP contribution in [0.1, 0.15) is 70.2 Å². The number of hydrogen-bond donors (Lipinski definition) is 3. The predicted octanol–water partition coefficient (Wildman–Crippen LogP) is 6.07. The number of para-hydroxylation sites is 2. The first-order chi connectivity index (χ1) is 20.2. The van der Waals surface area contributed by atoms with Gasteiger partial charge in [-0.05, 0) is 78.1 Å². The van der Waals surface area contributed by atoms with Gasteiger partial charge in [0.2, 0.25) is 0 Å². The zero-order chi connectivity index (χ0) is 29.4. The Morgan fingerprint density at radius 1 is 1.02 bits per heavy atom. The molecule has 3 heterocycles. The van der Waals surface area contributed by atoms with Gasteiger partial charge in [0.15, 0.2) is 0 Å². The molecule has 9 heteroatoms. The number of carbonyl (C=O) groups excluding carboxylic acids is 2. The van der Waals surface area contributed by atoms with E-state index in [0.717, 1.165) is 46.3 Å². The summed E-state index contributed by atoms with van der Waals surface area (Å²) in [6, 6.07) is 18.4. The molecule has 0 radical (unpaired) electrons. The third-order valence-electron chi connectivity index (χ3n) is 8.09. The van der Waals surface area contributed by atoms with Crippen molar-refractivity contribution in [2.45, 2.75) is 46.1 Å². The number of amides is 2. The quantitative estimate of drug-likeness (QED) is 0.225. The van der Waals surface area contributed by atoms with E-state index in [1.54, 1.807) is 6.07 Å². The minimum absolute atomic E-state index is 0.195. The average Bonchev–Trinajstić information content (AvgIpc) is 3.40. The predicted molar refractivity (Wildman–Crippen MR) is 168 cm³/mol. The lowest BCUT2D eigenvalue weighted by atomic mass is 9.71. The summed E-state index contributed by atoms with van der Waals surface area (Å²) in [7, 11) is 0. The third-order valence-corrected chi connectivity index (χ3v) is 9.13. The van der Waals surface area contributed by atoms with Gasteiger partial charge in [-0.2, -0.15) is 0 Å². The van der Waals surface area contributed by atoms with Gasteiger partial charge in [-0.1, -0.05) is 45.0 Å². The van der Waals surface area contributed by atoms with Gasteiger partial charge < -0.3 is 16.4 Å². The SMILES string of the molecule is CC(C)(C)[C@@H]1CCc2nc3sc(C(=O)N[C@H](CN)c4cccc(NC(=O)c5cnc6ccccc6n5)c4)cc3cc2C1. The van der Waals surface area contributed by atoms with Crippen LogP contribution in [0, 0.1) is 11.3 Å². The molecule has 2 atom stereocenters. The summed E-state index contributed by atoms with van der Waals surface area (Å²) in [4.78, 5) is 41.4. The lowest BCUT2D eigenvalue weighted by Crippen LogP contribution is -2.33. The van der Waals surface area contributed by atoms with Crippen molar-refractivity contribution in [3.05, 3.63) is 94.3 Å². The summed E-state index contributed by atoms with van der Waals surface area (Å²) >= 11 is 1.41. The van der Waals surface area contributed by atoms with Crippen LogP contribution in [0.2, 0.25) is 0 Å². The topological polar surface area (TPSA) is 123 Å². The van der Waals surface area contributed by atoms with E-state index < -0.39 is 6.04 Å². The first-order valence-corrected chi connectivity index (χ1v) is 15.1. The smallest absolute Gasteiger partial charge is 0.275 e. The Morgan fingerprint density at radius 2 is 1.83 bits per heavy atom. The number of pyridine rings is 1. The summed E-state index contributed by atoms with van der Waals surface area (Å²) in [5.41, 5.74) is 11.8. The number of carbonyl (C=O) groups is 2. The zero-order valence-corrected chi connectivity index (χ0v) is 24.8. The molecular weight excluding hydrogens is 544 g/mol. The Labute approximate surface area is 248 Å². The average molecular weight is 579 g/mol. The molecule has 42 heavy (non-hydrogen) atoms. The highest BCUT2D eigenvalue weighted by atomic mass is 32.1. The minimum atomic E-state index is -0.436. The molecule has 0 unspecified atom stereocenters. The van der Waals surface area contributed by atoms with Gasteiger partial charge in [-0.3, -0.25) is 14.6 Å². The number of benzene rings is 2. The van der Waals surface area contributed by atoms with Crippen molar-refractivity contribution in [3.63, 3.8) is 0 Å².